The third-order valence-electron chi connectivity index (χ3n) is 4.66. The summed E-state index contributed by atoms with van der Waals surface area (Å²) in [6, 6.07) is 9.42. The molecule has 1 aromatic carbocycles. The summed E-state index contributed by atoms with van der Waals surface area (Å²) in [5, 5.41) is 0. The normalized spacial score (nSPS) is 15.1. The van der Waals surface area contributed by atoms with Crippen molar-refractivity contribution in [2.24, 2.45) is 0 Å². The molecule has 1 fully saturated rings. The van der Waals surface area contributed by atoms with Gasteiger partial charge in [-0.2, -0.15) is 0 Å². The molecule has 6 heteroatoms. The van der Waals surface area contributed by atoms with Crippen LogP contribution >= 0.6 is 0 Å². The highest BCUT2D eigenvalue weighted by Gasteiger charge is 2.26. The molecule has 1 amide bonds. The first-order valence-electron chi connectivity index (χ1n) is 8.94. The van der Waals surface area contributed by atoms with E-state index in [9.17, 15) is 4.79 Å². The maximum absolute atomic E-state index is 12.4. The van der Waals surface area contributed by atoms with Crippen molar-refractivity contribution >= 4 is 5.91 Å². The van der Waals surface area contributed by atoms with Crippen molar-refractivity contribution in [1.29, 1.82) is 0 Å². The zero-order valence-electron chi connectivity index (χ0n) is 15.4. The van der Waals surface area contributed by atoms with Crippen molar-refractivity contribution in [1.82, 2.24) is 14.9 Å². The van der Waals surface area contributed by atoms with E-state index in [1.165, 1.54) is 0 Å². The average molecular weight is 355 g/mol. The first-order chi connectivity index (χ1) is 12.7. The number of aryl methyl sites for hydroxylation is 1. The van der Waals surface area contributed by atoms with Gasteiger partial charge in [0, 0.05) is 37.9 Å². The van der Waals surface area contributed by atoms with Gasteiger partial charge in [-0.15, -0.1) is 0 Å². The summed E-state index contributed by atoms with van der Waals surface area (Å²) in [5.41, 5.74) is 2.10. The Balaban J connectivity index is 1.55. The molecule has 0 bridgehead atoms. The minimum absolute atomic E-state index is 0.0308. The van der Waals surface area contributed by atoms with Gasteiger partial charge in [0.2, 0.25) is 0 Å². The Morgan fingerprint density at radius 1 is 1.23 bits per heavy atom. The van der Waals surface area contributed by atoms with Crippen molar-refractivity contribution in [3.63, 3.8) is 0 Å². The number of rotatable bonds is 6. The quantitative estimate of drug-likeness (QED) is 0.797. The maximum atomic E-state index is 12.4. The summed E-state index contributed by atoms with van der Waals surface area (Å²) in [4.78, 5) is 23.2. The monoisotopic (exact) mass is 355 g/mol. The van der Waals surface area contributed by atoms with Crippen LogP contribution < -0.4 is 4.74 Å². The van der Waals surface area contributed by atoms with E-state index in [0.717, 1.165) is 48.8 Å². The third kappa shape index (κ3) is 4.58. The summed E-state index contributed by atoms with van der Waals surface area (Å²) < 4.78 is 10.8. The number of carbonyl (C=O) groups excluding carboxylic acids is 1. The molecule has 0 atom stereocenters. The standard InChI is InChI=1S/C20H25N3O3/c1-15-21-12-17(13-25-2)20(22-15)16-8-10-23(11-9-16)19(24)14-26-18-6-4-3-5-7-18/h3-7,12,16H,8-11,13-14H2,1-2H3. The number of carbonyl (C=O) groups is 1. The number of piperidine rings is 1. The van der Waals surface area contributed by atoms with Crippen LogP contribution in [0.15, 0.2) is 36.5 Å². The van der Waals surface area contributed by atoms with Gasteiger partial charge in [0.05, 0.1) is 12.3 Å². The Hall–Kier alpha value is -2.47. The molecule has 0 spiro atoms. The van der Waals surface area contributed by atoms with E-state index in [2.05, 4.69) is 9.97 Å². The predicted molar refractivity (Wildman–Crippen MR) is 98.0 cm³/mol. The van der Waals surface area contributed by atoms with E-state index in [1.54, 1.807) is 7.11 Å². The molecule has 0 unspecified atom stereocenters. The lowest BCUT2D eigenvalue weighted by Crippen LogP contribution is -2.40. The summed E-state index contributed by atoms with van der Waals surface area (Å²) in [6.07, 6.45) is 3.64. The molecular weight excluding hydrogens is 330 g/mol. The van der Waals surface area contributed by atoms with Gasteiger partial charge in [-0.25, -0.2) is 9.97 Å². The number of aromatic nitrogens is 2. The molecule has 2 heterocycles. The van der Waals surface area contributed by atoms with Crippen LogP contribution in [-0.2, 0) is 16.1 Å². The van der Waals surface area contributed by atoms with Crippen LogP contribution in [0.1, 0.15) is 35.8 Å². The second kappa shape index (κ2) is 8.76. The van der Waals surface area contributed by atoms with Gasteiger partial charge in [0.15, 0.2) is 6.61 Å². The van der Waals surface area contributed by atoms with E-state index in [-0.39, 0.29) is 12.5 Å². The van der Waals surface area contributed by atoms with E-state index in [1.807, 2.05) is 48.4 Å². The summed E-state index contributed by atoms with van der Waals surface area (Å²) in [7, 11) is 1.68. The molecule has 1 saturated heterocycles. The second-order valence-corrected chi connectivity index (χ2v) is 6.52. The molecule has 0 radical (unpaired) electrons. The Kier molecular flexibility index (Phi) is 6.17. The molecule has 1 aliphatic heterocycles. The fourth-order valence-corrected chi connectivity index (χ4v) is 3.29. The van der Waals surface area contributed by atoms with Crippen LogP contribution in [0.2, 0.25) is 0 Å². The van der Waals surface area contributed by atoms with Crippen LogP contribution in [0, 0.1) is 6.92 Å². The third-order valence-corrected chi connectivity index (χ3v) is 4.66. The Morgan fingerprint density at radius 2 is 1.96 bits per heavy atom. The Labute approximate surface area is 154 Å². The highest BCUT2D eigenvalue weighted by molar-refractivity contribution is 5.77. The Morgan fingerprint density at radius 3 is 2.65 bits per heavy atom. The number of benzene rings is 1. The molecule has 6 nitrogen and oxygen atoms in total. The first kappa shape index (κ1) is 18.3. The highest BCUT2D eigenvalue weighted by atomic mass is 16.5. The summed E-state index contributed by atoms with van der Waals surface area (Å²) in [6.45, 7) is 3.93. The van der Waals surface area contributed by atoms with Crippen LogP contribution in [-0.4, -0.2) is 47.6 Å². The predicted octanol–water partition coefficient (Wildman–Crippen LogP) is 2.72. The zero-order valence-corrected chi connectivity index (χ0v) is 15.4. The van der Waals surface area contributed by atoms with Crippen molar-refractivity contribution < 1.29 is 14.3 Å². The number of hydrogen-bond acceptors (Lipinski definition) is 5. The smallest absolute Gasteiger partial charge is 0.260 e. The molecule has 1 aliphatic rings. The number of amides is 1. The van der Waals surface area contributed by atoms with E-state index in [0.29, 0.717) is 12.5 Å². The number of likely N-dealkylation sites (tertiary alicyclic amines) is 1. The molecule has 26 heavy (non-hydrogen) atoms. The fourth-order valence-electron chi connectivity index (χ4n) is 3.29. The van der Waals surface area contributed by atoms with Gasteiger partial charge >= 0.3 is 0 Å². The molecule has 1 aromatic heterocycles. The van der Waals surface area contributed by atoms with E-state index in [4.69, 9.17) is 9.47 Å². The molecule has 138 valence electrons. The van der Waals surface area contributed by atoms with Gasteiger partial charge in [0.25, 0.3) is 5.91 Å². The largest absolute Gasteiger partial charge is 0.484 e. The number of nitrogens with zero attached hydrogens (tertiary/aromatic N) is 3. The zero-order chi connectivity index (χ0) is 18.4. The maximum Gasteiger partial charge on any atom is 0.260 e. The topological polar surface area (TPSA) is 64.6 Å². The van der Waals surface area contributed by atoms with E-state index >= 15 is 0 Å². The highest BCUT2D eigenvalue weighted by Crippen LogP contribution is 2.29. The van der Waals surface area contributed by atoms with Gasteiger partial charge in [-0.05, 0) is 31.9 Å². The molecule has 2 aromatic rings. The minimum atomic E-state index is 0.0308. The molecule has 0 aliphatic carbocycles. The fraction of sp³-hybridized carbons (Fsp3) is 0.450. The van der Waals surface area contributed by atoms with Crippen LogP contribution in [0.3, 0.4) is 0 Å². The van der Waals surface area contributed by atoms with Crippen molar-refractivity contribution in [3.05, 3.63) is 53.6 Å². The van der Waals surface area contributed by atoms with Crippen molar-refractivity contribution in [2.75, 3.05) is 26.8 Å². The van der Waals surface area contributed by atoms with E-state index < -0.39 is 0 Å². The lowest BCUT2D eigenvalue weighted by molar-refractivity contribution is -0.134. The Bertz CT molecular complexity index is 728. The van der Waals surface area contributed by atoms with Gasteiger partial charge in [-0.1, -0.05) is 18.2 Å². The van der Waals surface area contributed by atoms with Crippen LogP contribution in [0.5, 0.6) is 5.75 Å². The van der Waals surface area contributed by atoms with Crippen molar-refractivity contribution in [3.8, 4) is 5.75 Å². The van der Waals surface area contributed by atoms with Gasteiger partial charge in [0.1, 0.15) is 11.6 Å². The average Bonchev–Trinajstić information content (AvgIpc) is 2.68. The SMILES string of the molecule is COCc1cnc(C)nc1C1CCN(C(=O)COc2ccccc2)CC1. The van der Waals surface area contributed by atoms with Gasteiger partial charge in [-0.3, -0.25) is 4.79 Å². The summed E-state index contributed by atoms with van der Waals surface area (Å²) in [5.74, 6) is 1.86. The number of ether oxygens (including phenoxy) is 2. The molecule has 0 saturated carbocycles. The van der Waals surface area contributed by atoms with Crippen molar-refractivity contribution in [2.45, 2.75) is 32.3 Å². The molecule has 0 N–H and O–H groups in total. The molecule has 3 rings (SSSR count). The second-order valence-electron chi connectivity index (χ2n) is 6.52. The lowest BCUT2D eigenvalue weighted by atomic mass is 9.91. The lowest BCUT2D eigenvalue weighted by Gasteiger charge is -2.32. The number of para-hydroxylation sites is 1. The first-order valence-corrected chi connectivity index (χ1v) is 8.94. The van der Waals surface area contributed by atoms with Crippen LogP contribution in [0.25, 0.3) is 0 Å². The molecular formula is C20H25N3O3. The number of methoxy groups -OCH3 is 1. The summed E-state index contributed by atoms with van der Waals surface area (Å²) >= 11 is 0. The van der Waals surface area contributed by atoms with Gasteiger partial charge < -0.3 is 14.4 Å². The number of hydrogen-bond donors (Lipinski definition) is 0. The van der Waals surface area contributed by atoms with Crippen LogP contribution in [0.4, 0.5) is 0 Å². The minimum Gasteiger partial charge on any atom is -0.484 e.